The van der Waals surface area contributed by atoms with Gasteiger partial charge in [-0.05, 0) is 23.3 Å². The van der Waals surface area contributed by atoms with Gasteiger partial charge in [-0.2, -0.15) is 0 Å². The number of carbonyl (C=O) groups is 1. The lowest BCUT2D eigenvalue weighted by molar-refractivity contribution is -0.872. The standard InChI is InChI=1S/C19H21BrN2O/c1-22(2)14-17-9-4-3-8-16(17)13-21-19(23)12-11-15-7-5-6-10-18(15)20/h3-12H,13-14H2,1-2H3,(H,21,23)/p+1/b12-11+. The minimum absolute atomic E-state index is 0.0900. The van der Waals surface area contributed by atoms with Crippen molar-refractivity contribution in [1.82, 2.24) is 5.32 Å². The maximum absolute atomic E-state index is 12.0. The van der Waals surface area contributed by atoms with Crippen LogP contribution in [0.5, 0.6) is 0 Å². The molecule has 0 heterocycles. The number of rotatable bonds is 6. The number of carbonyl (C=O) groups excluding carboxylic acids is 1. The van der Waals surface area contributed by atoms with E-state index >= 15 is 0 Å². The average Bonchev–Trinajstić information content (AvgIpc) is 2.53. The Morgan fingerprint density at radius 3 is 2.43 bits per heavy atom. The zero-order valence-corrected chi connectivity index (χ0v) is 15.1. The lowest BCUT2D eigenvalue weighted by Crippen LogP contribution is -3.04. The highest BCUT2D eigenvalue weighted by atomic mass is 79.9. The van der Waals surface area contributed by atoms with Gasteiger partial charge in [-0.3, -0.25) is 4.79 Å². The lowest BCUT2D eigenvalue weighted by Gasteiger charge is -2.12. The quantitative estimate of drug-likeness (QED) is 0.749. The van der Waals surface area contributed by atoms with E-state index in [4.69, 9.17) is 0 Å². The number of benzene rings is 2. The normalized spacial score (nSPS) is 11.1. The summed E-state index contributed by atoms with van der Waals surface area (Å²) in [6.45, 7) is 1.49. The largest absolute Gasteiger partial charge is 0.348 e. The number of amides is 1. The maximum Gasteiger partial charge on any atom is 0.244 e. The number of nitrogens with one attached hydrogen (secondary N) is 2. The van der Waals surface area contributed by atoms with Crippen molar-refractivity contribution in [1.29, 1.82) is 0 Å². The molecule has 0 atom stereocenters. The van der Waals surface area contributed by atoms with E-state index in [9.17, 15) is 4.79 Å². The van der Waals surface area contributed by atoms with Crippen molar-refractivity contribution < 1.29 is 9.69 Å². The predicted molar refractivity (Wildman–Crippen MR) is 98.0 cm³/mol. The Balaban J connectivity index is 1.96. The van der Waals surface area contributed by atoms with Gasteiger partial charge >= 0.3 is 0 Å². The molecule has 0 saturated heterocycles. The van der Waals surface area contributed by atoms with E-state index in [1.165, 1.54) is 10.5 Å². The van der Waals surface area contributed by atoms with Crippen molar-refractivity contribution in [3.05, 3.63) is 75.8 Å². The van der Waals surface area contributed by atoms with Gasteiger partial charge in [0.15, 0.2) is 0 Å². The third-order valence-corrected chi connectivity index (χ3v) is 4.16. The molecular formula is C19H22BrN2O+. The van der Waals surface area contributed by atoms with E-state index in [2.05, 4.69) is 47.5 Å². The molecule has 0 aliphatic heterocycles. The van der Waals surface area contributed by atoms with Gasteiger partial charge in [0.2, 0.25) is 5.91 Å². The lowest BCUT2D eigenvalue weighted by atomic mass is 10.1. The van der Waals surface area contributed by atoms with E-state index < -0.39 is 0 Å². The molecule has 3 nitrogen and oxygen atoms in total. The van der Waals surface area contributed by atoms with Crippen LogP contribution in [-0.2, 0) is 17.9 Å². The summed E-state index contributed by atoms with van der Waals surface area (Å²) < 4.78 is 0.975. The number of halogens is 1. The molecule has 2 aromatic rings. The number of hydrogen-bond acceptors (Lipinski definition) is 1. The Hall–Kier alpha value is -1.91. The molecule has 0 spiro atoms. The monoisotopic (exact) mass is 373 g/mol. The summed E-state index contributed by atoms with van der Waals surface area (Å²) in [5.74, 6) is -0.0900. The predicted octanol–water partition coefficient (Wildman–Crippen LogP) is 2.42. The molecule has 0 saturated carbocycles. The summed E-state index contributed by atoms with van der Waals surface area (Å²) in [4.78, 5) is 13.4. The van der Waals surface area contributed by atoms with E-state index in [-0.39, 0.29) is 5.91 Å². The first-order valence-electron chi connectivity index (χ1n) is 7.62. The molecule has 0 fully saturated rings. The smallest absolute Gasteiger partial charge is 0.244 e. The Bertz CT molecular complexity index is 695. The fourth-order valence-corrected chi connectivity index (χ4v) is 2.72. The second-order valence-electron chi connectivity index (χ2n) is 5.73. The van der Waals surface area contributed by atoms with Gasteiger partial charge in [0.1, 0.15) is 6.54 Å². The zero-order chi connectivity index (χ0) is 16.7. The van der Waals surface area contributed by atoms with Crippen LogP contribution in [-0.4, -0.2) is 20.0 Å². The van der Waals surface area contributed by atoms with Crippen molar-refractivity contribution in [2.45, 2.75) is 13.1 Å². The number of quaternary nitrogens is 1. The summed E-state index contributed by atoms with van der Waals surface area (Å²) in [5.41, 5.74) is 3.41. The Morgan fingerprint density at radius 1 is 1.09 bits per heavy atom. The third-order valence-electron chi connectivity index (χ3n) is 3.43. The summed E-state index contributed by atoms with van der Waals surface area (Å²) in [5, 5.41) is 2.95. The third kappa shape index (κ3) is 5.66. The van der Waals surface area contributed by atoms with Gasteiger partial charge in [0.05, 0.1) is 14.1 Å². The van der Waals surface area contributed by atoms with E-state index in [1.807, 2.05) is 42.5 Å². The molecule has 0 radical (unpaired) electrons. The average molecular weight is 374 g/mol. The zero-order valence-electron chi connectivity index (χ0n) is 13.5. The van der Waals surface area contributed by atoms with Crippen LogP contribution in [0.15, 0.2) is 59.1 Å². The van der Waals surface area contributed by atoms with Gasteiger partial charge in [-0.25, -0.2) is 0 Å². The fraction of sp³-hybridized carbons (Fsp3) is 0.211. The second kappa shape index (κ2) is 8.65. The SMILES string of the molecule is C[NH+](C)Cc1ccccc1CNC(=O)/C=C/c1ccccc1Br. The first kappa shape index (κ1) is 17.4. The Morgan fingerprint density at radius 2 is 1.74 bits per heavy atom. The second-order valence-corrected chi connectivity index (χ2v) is 6.58. The summed E-state index contributed by atoms with van der Waals surface area (Å²) in [7, 11) is 4.24. The highest BCUT2D eigenvalue weighted by molar-refractivity contribution is 9.10. The topological polar surface area (TPSA) is 33.5 Å². The van der Waals surface area contributed by atoms with Crippen LogP contribution in [0.25, 0.3) is 6.08 Å². The molecule has 0 bridgehead atoms. The molecule has 0 aliphatic rings. The molecule has 2 rings (SSSR count). The van der Waals surface area contributed by atoms with E-state index in [1.54, 1.807) is 6.08 Å². The highest BCUT2D eigenvalue weighted by Crippen LogP contribution is 2.17. The van der Waals surface area contributed by atoms with Crippen molar-refractivity contribution in [2.24, 2.45) is 0 Å². The van der Waals surface area contributed by atoms with Crippen LogP contribution < -0.4 is 10.2 Å². The number of hydrogen-bond donors (Lipinski definition) is 2. The van der Waals surface area contributed by atoms with Gasteiger partial charge in [0.25, 0.3) is 0 Å². The van der Waals surface area contributed by atoms with Crippen LogP contribution in [0.3, 0.4) is 0 Å². The van der Waals surface area contributed by atoms with Crippen LogP contribution in [0.4, 0.5) is 0 Å². The first-order valence-corrected chi connectivity index (χ1v) is 8.42. The first-order chi connectivity index (χ1) is 11.1. The molecule has 2 N–H and O–H groups in total. The Labute approximate surface area is 146 Å². The fourth-order valence-electron chi connectivity index (χ4n) is 2.30. The summed E-state index contributed by atoms with van der Waals surface area (Å²) >= 11 is 3.47. The molecule has 2 aromatic carbocycles. The van der Waals surface area contributed by atoms with Crippen LogP contribution in [0.2, 0.25) is 0 Å². The van der Waals surface area contributed by atoms with Crippen molar-refractivity contribution in [2.75, 3.05) is 14.1 Å². The van der Waals surface area contributed by atoms with E-state index in [0.29, 0.717) is 6.54 Å². The molecular weight excluding hydrogens is 352 g/mol. The van der Waals surface area contributed by atoms with Crippen molar-refractivity contribution in [3.63, 3.8) is 0 Å². The van der Waals surface area contributed by atoms with Crippen LogP contribution in [0, 0.1) is 0 Å². The molecule has 120 valence electrons. The molecule has 1 amide bonds. The van der Waals surface area contributed by atoms with Crippen molar-refractivity contribution in [3.8, 4) is 0 Å². The van der Waals surface area contributed by atoms with Crippen LogP contribution in [0.1, 0.15) is 16.7 Å². The highest BCUT2D eigenvalue weighted by Gasteiger charge is 2.06. The molecule has 0 unspecified atom stereocenters. The molecule has 0 aliphatic carbocycles. The molecule has 23 heavy (non-hydrogen) atoms. The minimum atomic E-state index is -0.0900. The molecule has 0 aromatic heterocycles. The summed E-state index contributed by atoms with van der Waals surface area (Å²) in [6, 6.07) is 16.0. The van der Waals surface area contributed by atoms with E-state index in [0.717, 1.165) is 22.1 Å². The van der Waals surface area contributed by atoms with Gasteiger partial charge in [-0.1, -0.05) is 58.4 Å². The van der Waals surface area contributed by atoms with Crippen LogP contribution >= 0.6 is 15.9 Å². The van der Waals surface area contributed by atoms with Gasteiger partial charge < -0.3 is 10.2 Å². The summed E-state index contributed by atoms with van der Waals surface area (Å²) in [6.07, 6.45) is 3.38. The van der Waals surface area contributed by atoms with Gasteiger partial charge in [-0.15, -0.1) is 0 Å². The molecule has 4 heteroatoms. The maximum atomic E-state index is 12.0. The minimum Gasteiger partial charge on any atom is -0.348 e. The Kier molecular flexibility index (Phi) is 6.56. The van der Waals surface area contributed by atoms with Gasteiger partial charge in [0, 0.05) is 22.7 Å². The van der Waals surface area contributed by atoms with Crippen molar-refractivity contribution >= 4 is 27.9 Å².